The van der Waals surface area contributed by atoms with Crippen LogP contribution in [-0.4, -0.2) is 36.6 Å². The summed E-state index contributed by atoms with van der Waals surface area (Å²) < 4.78 is 0. The molecule has 1 saturated heterocycles. The lowest BCUT2D eigenvalue weighted by molar-refractivity contribution is 0.139. The minimum Gasteiger partial charge on any atom is -0.310 e. The standard InChI is InChI=1S/C18H36N2/c1-4-5-6-10-17(2,3)15-20-14-9-13-19-18(16-20)11-7-8-12-18/h19H,4-16H2,1-3H3. The van der Waals surface area contributed by atoms with Gasteiger partial charge in [-0.25, -0.2) is 0 Å². The number of hydrogen-bond acceptors (Lipinski definition) is 2. The van der Waals surface area contributed by atoms with E-state index in [1.807, 2.05) is 0 Å². The number of hydrogen-bond donors (Lipinski definition) is 1. The van der Waals surface area contributed by atoms with Crippen LogP contribution in [0.5, 0.6) is 0 Å². The molecule has 1 aliphatic heterocycles. The van der Waals surface area contributed by atoms with Gasteiger partial charge in [-0.05, 0) is 44.2 Å². The Bertz CT molecular complexity index is 279. The Kier molecular flexibility index (Phi) is 5.92. The molecule has 0 aromatic rings. The summed E-state index contributed by atoms with van der Waals surface area (Å²) in [5, 5.41) is 3.88. The largest absolute Gasteiger partial charge is 0.310 e. The van der Waals surface area contributed by atoms with Crippen molar-refractivity contribution < 1.29 is 0 Å². The van der Waals surface area contributed by atoms with Crippen LogP contribution in [0.4, 0.5) is 0 Å². The molecule has 0 amide bonds. The van der Waals surface area contributed by atoms with Crippen LogP contribution in [0.15, 0.2) is 0 Å². The van der Waals surface area contributed by atoms with Crippen LogP contribution in [0.2, 0.25) is 0 Å². The van der Waals surface area contributed by atoms with Crippen LogP contribution < -0.4 is 5.32 Å². The third-order valence-electron chi connectivity index (χ3n) is 5.35. The van der Waals surface area contributed by atoms with Gasteiger partial charge in [-0.3, -0.25) is 0 Å². The van der Waals surface area contributed by atoms with Crippen LogP contribution in [0, 0.1) is 5.41 Å². The lowest BCUT2D eigenvalue weighted by Crippen LogP contribution is -2.50. The van der Waals surface area contributed by atoms with E-state index in [4.69, 9.17) is 0 Å². The molecule has 1 aliphatic carbocycles. The van der Waals surface area contributed by atoms with Crippen molar-refractivity contribution in [3.63, 3.8) is 0 Å². The fraction of sp³-hybridized carbons (Fsp3) is 1.00. The van der Waals surface area contributed by atoms with Crippen molar-refractivity contribution in [3.05, 3.63) is 0 Å². The lowest BCUT2D eigenvalue weighted by Gasteiger charge is -2.37. The average molecular weight is 280 g/mol. The zero-order valence-electron chi connectivity index (χ0n) is 14.1. The van der Waals surface area contributed by atoms with Gasteiger partial charge in [0, 0.05) is 18.6 Å². The van der Waals surface area contributed by atoms with Crippen LogP contribution in [0.1, 0.15) is 78.6 Å². The zero-order chi connectivity index (χ0) is 14.5. The van der Waals surface area contributed by atoms with Crippen LogP contribution in [0.25, 0.3) is 0 Å². The molecule has 1 spiro atoms. The van der Waals surface area contributed by atoms with Crippen molar-refractivity contribution in [2.24, 2.45) is 5.41 Å². The van der Waals surface area contributed by atoms with Crippen molar-refractivity contribution in [2.45, 2.75) is 84.1 Å². The van der Waals surface area contributed by atoms with E-state index in [9.17, 15) is 0 Å². The summed E-state index contributed by atoms with van der Waals surface area (Å²) in [5.74, 6) is 0. The molecule has 0 unspecified atom stereocenters. The van der Waals surface area contributed by atoms with Gasteiger partial charge >= 0.3 is 0 Å². The van der Waals surface area contributed by atoms with E-state index in [0.717, 1.165) is 0 Å². The van der Waals surface area contributed by atoms with Gasteiger partial charge in [0.05, 0.1) is 0 Å². The smallest absolute Gasteiger partial charge is 0.0308 e. The van der Waals surface area contributed by atoms with Gasteiger partial charge in [0.15, 0.2) is 0 Å². The van der Waals surface area contributed by atoms with Crippen LogP contribution >= 0.6 is 0 Å². The van der Waals surface area contributed by atoms with E-state index < -0.39 is 0 Å². The average Bonchev–Trinajstić information content (AvgIpc) is 2.73. The first kappa shape index (κ1) is 16.3. The summed E-state index contributed by atoms with van der Waals surface area (Å²) in [6.07, 6.45) is 12.5. The number of rotatable bonds is 6. The van der Waals surface area contributed by atoms with E-state index >= 15 is 0 Å². The molecular weight excluding hydrogens is 244 g/mol. The van der Waals surface area contributed by atoms with Crippen molar-refractivity contribution in [2.75, 3.05) is 26.2 Å². The molecule has 2 rings (SSSR count). The van der Waals surface area contributed by atoms with Crippen molar-refractivity contribution in [1.82, 2.24) is 10.2 Å². The van der Waals surface area contributed by atoms with E-state index in [1.165, 1.54) is 84.0 Å². The molecule has 2 nitrogen and oxygen atoms in total. The maximum absolute atomic E-state index is 3.88. The predicted octanol–water partition coefficient (Wildman–Crippen LogP) is 4.20. The Morgan fingerprint density at radius 1 is 1.10 bits per heavy atom. The maximum Gasteiger partial charge on any atom is 0.0308 e. The molecule has 1 heterocycles. The van der Waals surface area contributed by atoms with Gasteiger partial charge in [0.25, 0.3) is 0 Å². The monoisotopic (exact) mass is 280 g/mol. The highest BCUT2D eigenvalue weighted by Crippen LogP contribution is 2.33. The molecule has 2 aliphatic rings. The minimum atomic E-state index is 0.468. The van der Waals surface area contributed by atoms with Crippen molar-refractivity contribution >= 4 is 0 Å². The molecule has 2 fully saturated rings. The maximum atomic E-state index is 3.88. The molecule has 0 radical (unpaired) electrons. The second-order valence-corrected chi connectivity index (χ2v) is 8.10. The second-order valence-electron chi connectivity index (χ2n) is 8.10. The van der Waals surface area contributed by atoms with E-state index in [1.54, 1.807) is 0 Å². The molecule has 118 valence electrons. The topological polar surface area (TPSA) is 15.3 Å². The first-order valence-electron chi connectivity index (χ1n) is 9.03. The van der Waals surface area contributed by atoms with Gasteiger partial charge < -0.3 is 10.2 Å². The Morgan fingerprint density at radius 2 is 1.85 bits per heavy atom. The third-order valence-corrected chi connectivity index (χ3v) is 5.35. The Labute approximate surface area is 126 Å². The van der Waals surface area contributed by atoms with Crippen molar-refractivity contribution in [1.29, 1.82) is 0 Å². The summed E-state index contributed by atoms with van der Waals surface area (Å²) in [6.45, 7) is 12.4. The summed E-state index contributed by atoms with van der Waals surface area (Å²) in [6, 6.07) is 0. The first-order chi connectivity index (χ1) is 9.55. The normalized spacial score (nSPS) is 24.1. The van der Waals surface area contributed by atoms with Crippen molar-refractivity contribution in [3.8, 4) is 0 Å². The highest BCUT2D eigenvalue weighted by molar-refractivity contribution is 4.97. The molecular formula is C18H36N2. The molecule has 0 atom stereocenters. The number of nitrogens with zero attached hydrogens (tertiary/aromatic N) is 1. The van der Waals surface area contributed by atoms with E-state index in [-0.39, 0.29) is 0 Å². The molecule has 1 saturated carbocycles. The summed E-state index contributed by atoms with van der Waals surface area (Å²) in [4.78, 5) is 2.78. The highest BCUT2D eigenvalue weighted by Gasteiger charge is 2.37. The fourth-order valence-electron chi connectivity index (χ4n) is 4.28. The van der Waals surface area contributed by atoms with Gasteiger partial charge in [-0.15, -0.1) is 0 Å². The zero-order valence-corrected chi connectivity index (χ0v) is 14.1. The Hall–Kier alpha value is -0.0800. The molecule has 2 heteroatoms. The van der Waals surface area contributed by atoms with Gasteiger partial charge in [0.1, 0.15) is 0 Å². The SMILES string of the molecule is CCCCCC(C)(C)CN1CCCNC2(CCCC2)C1. The summed E-state index contributed by atoms with van der Waals surface area (Å²) in [7, 11) is 0. The molecule has 0 aromatic carbocycles. The lowest BCUT2D eigenvalue weighted by atomic mass is 9.85. The van der Waals surface area contributed by atoms with E-state index in [0.29, 0.717) is 11.0 Å². The predicted molar refractivity (Wildman–Crippen MR) is 88.2 cm³/mol. The van der Waals surface area contributed by atoms with Gasteiger partial charge in [-0.2, -0.15) is 0 Å². The van der Waals surface area contributed by atoms with Gasteiger partial charge in [0.2, 0.25) is 0 Å². The molecule has 20 heavy (non-hydrogen) atoms. The number of unbranched alkanes of at least 4 members (excludes halogenated alkanes) is 2. The Morgan fingerprint density at radius 3 is 2.55 bits per heavy atom. The quantitative estimate of drug-likeness (QED) is 0.734. The highest BCUT2D eigenvalue weighted by atomic mass is 15.2. The van der Waals surface area contributed by atoms with Crippen LogP contribution in [0.3, 0.4) is 0 Å². The third kappa shape index (κ3) is 4.73. The molecule has 0 bridgehead atoms. The number of nitrogens with one attached hydrogen (secondary N) is 1. The van der Waals surface area contributed by atoms with Gasteiger partial charge in [-0.1, -0.05) is 52.9 Å². The molecule has 0 aromatic heterocycles. The summed E-state index contributed by atoms with van der Waals surface area (Å²) >= 11 is 0. The minimum absolute atomic E-state index is 0.468. The molecule has 1 N–H and O–H groups in total. The second kappa shape index (κ2) is 7.26. The van der Waals surface area contributed by atoms with E-state index in [2.05, 4.69) is 31.0 Å². The van der Waals surface area contributed by atoms with Crippen LogP contribution in [-0.2, 0) is 0 Å². The first-order valence-corrected chi connectivity index (χ1v) is 9.03. The fourth-order valence-corrected chi connectivity index (χ4v) is 4.28. The Balaban J connectivity index is 1.86. The summed E-state index contributed by atoms with van der Waals surface area (Å²) in [5.41, 5.74) is 0.954.